The van der Waals surface area contributed by atoms with Crippen LogP contribution in [0.3, 0.4) is 0 Å². The number of ketones is 1. The number of Topliss-reactive ketones (excluding diaryl/α,β-unsaturated/α-hetero) is 1. The summed E-state index contributed by atoms with van der Waals surface area (Å²) in [5.74, 6) is -0.222. The van der Waals surface area contributed by atoms with Crippen molar-refractivity contribution in [1.82, 2.24) is 25.6 Å². The van der Waals surface area contributed by atoms with Crippen molar-refractivity contribution in [3.05, 3.63) is 41.5 Å². The van der Waals surface area contributed by atoms with Gasteiger partial charge in [0.2, 0.25) is 0 Å². The van der Waals surface area contributed by atoms with E-state index in [0.29, 0.717) is 31.0 Å². The molecule has 3 rings (SSSR count). The molecule has 9 nitrogen and oxygen atoms in total. The van der Waals surface area contributed by atoms with E-state index in [1.807, 2.05) is 6.92 Å². The van der Waals surface area contributed by atoms with Gasteiger partial charge in [0.1, 0.15) is 29.7 Å². The molecule has 0 spiro atoms. The van der Waals surface area contributed by atoms with Crippen LogP contribution in [0.2, 0.25) is 0 Å². The predicted octanol–water partition coefficient (Wildman–Crippen LogP) is 2.02. The highest BCUT2D eigenvalue weighted by atomic mass is 19.1. The summed E-state index contributed by atoms with van der Waals surface area (Å²) in [6.45, 7) is 3.40. The first-order valence-electron chi connectivity index (χ1n) is 11.5. The minimum absolute atomic E-state index is 0.00150. The number of hydrogen-bond acceptors (Lipinski definition) is 7. The lowest BCUT2D eigenvalue weighted by Gasteiger charge is -2.28. The number of benzene rings is 1. The quantitative estimate of drug-likeness (QED) is 0.414. The molecule has 1 saturated carbocycles. The van der Waals surface area contributed by atoms with Gasteiger partial charge in [0.15, 0.2) is 5.69 Å². The molecule has 0 aliphatic heterocycles. The third kappa shape index (κ3) is 6.82. The number of halogens is 1. The second-order valence-corrected chi connectivity index (χ2v) is 8.16. The molecule has 1 aliphatic carbocycles. The second kappa shape index (κ2) is 12.4. The Hall–Kier alpha value is -2.85. The number of ether oxygens (including phenoxy) is 1. The SMILES string of the molecule is CCNCC(=O)C1CCC(n2nnc(C(=O)NCCCO)c2COc2cccc(F)c2)CC1. The van der Waals surface area contributed by atoms with Gasteiger partial charge in [-0.05, 0) is 50.8 Å². The summed E-state index contributed by atoms with van der Waals surface area (Å²) >= 11 is 0. The zero-order valence-electron chi connectivity index (χ0n) is 18.9. The second-order valence-electron chi connectivity index (χ2n) is 8.16. The van der Waals surface area contributed by atoms with E-state index in [-0.39, 0.29) is 36.7 Å². The summed E-state index contributed by atoms with van der Waals surface area (Å²) in [5, 5.41) is 23.1. The first-order valence-corrected chi connectivity index (χ1v) is 11.5. The van der Waals surface area contributed by atoms with E-state index in [0.717, 1.165) is 32.2 Å². The molecule has 0 radical (unpaired) electrons. The fourth-order valence-electron chi connectivity index (χ4n) is 4.03. The summed E-state index contributed by atoms with van der Waals surface area (Å²) in [5.41, 5.74) is 0.651. The van der Waals surface area contributed by atoms with E-state index in [9.17, 15) is 14.0 Å². The number of amides is 1. The van der Waals surface area contributed by atoms with Gasteiger partial charge >= 0.3 is 0 Å². The number of rotatable bonds is 12. The van der Waals surface area contributed by atoms with Crippen molar-refractivity contribution in [2.75, 3.05) is 26.2 Å². The highest BCUT2D eigenvalue weighted by Gasteiger charge is 2.30. The Bertz CT molecular complexity index is 927. The molecular weight excluding hydrogens is 429 g/mol. The van der Waals surface area contributed by atoms with Gasteiger partial charge in [0, 0.05) is 25.1 Å². The zero-order chi connectivity index (χ0) is 23.6. The van der Waals surface area contributed by atoms with Gasteiger partial charge in [-0.3, -0.25) is 9.59 Å². The minimum atomic E-state index is -0.415. The van der Waals surface area contributed by atoms with Crippen molar-refractivity contribution in [3.63, 3.8) is 0 Å². The molecule has 10 heteroatoms. The summed E-state index contributed by atoms with van der Waals surface area (Å²) in [6, 6.07) is 5.78. The number of aliphatic hydroxyl groups is 1. The number of aromatic nitrogens is 3. The van der Waals surface area contributed by atoms with Gasteiger partial charge in [-0.2, -0.15) is 0 Å². The number of likely N-dealkylation sites (N-methyl/N-ethyl adjacent to an activating group) is 1. The van der Waals surface area contributed by atoms with Crippen LogP contribution in [0.15, 0.2) is 24.3 Å². The van der Waals surface area contributed by atoms with E-state index in [4.69, 9.17) is 9.84 Å². The Balaban J connectivity index is 1.73. The van der Waals surface area contributed by atoms with Crippen molar-refractivity contribution in [2.24, 2.45) is 5.92 Å². The highest BCUT2D eigenvalue weighted by molar-refractivity contribution is 5.93. The maximum absolute atomic E-state index is 13.5. The van der Waals surface area contributed by atoms with E-state index >= 15 is 0 Å². The van der Waals surface area contributed by atoms with E-state index in [2.05, 4.69) is 20.9 Å². The van der Waals surface area contributed by atoms with Crippen LogP contribution in [0, 0.1) is 11.7 Å². The molecule has 33 heavy (non-hydrogen) atoms. The van der Waals surface area contributed by atoms with Crippen molar-refractivity contribution < 1.29 is 23.8 Å². The van der Waals surface area contributed by atoms with Crippen LogP contribution in [-0.4, -0.2) is 58.0 Å². The van der Waals surface area contributed by atoms with Gasteiger partial charge < -0.3 is 20.5 Å². The van der Waals surface area contributed by atoms with Gasteiger partial charge in [0.05, 0.1) is 12.6 Å². The normalized spacial score (nSPS) is 18.2. The molecule has 0 atom stereocenters. The molecular formula is C23H32FN5O4. The van der Waals surface area contributed by atoms with E-state index in [1.165, 1.54) is 12.1 Å². The molecule has 1 aromatic carbocycles. The van der Waals surface area contributed by atoms with Gasteiger partial charge in [0.25, 0.3) is 5.91 Å². The highest BCUT2D eigenvalue weighted by Crippen LogP contribution is 2.33. The summed E-state index contributed by atoms with van der Waals surface area (Å²) in [4.78, 5) is 25.0. The topological polar surface area (TPSA) is 118 Å². The summed E-state index contributed by atoms with van der Waals surface area (Å²) in [6.07, 6.45) is 3.41. The Kier molecular flexibility index (Phi) is 9.32. The fraction of sp³-hybridized carbons (Fsp3) is 0.565. The van der Waals surface area contributed by atoms with E-state index < -0.39 is 11.7 Å². The maximum atomic E-state index is 13.5. The van der Waals surface area contributed by atoms with Crippen LogP contribution >= 0.6 is 0 Å². The van der Waals surface area contributed by atoms with Crippen molar-refractivity contribution in [1.29, 1.82) is 0 Å². The lowest BCUT2D eigenvalue weighted by molar-refractivity contribution is -0.123. The minimum Gasteiger partial charge on any atom is -0.487 e. The number of hydrogen-bond donors (Lipinski definition) is 3. The van der Waals surface area contributed by atoms with Crippen LogP contribution in [-0.2, 0) is 11.4 Å². The first kappa shape index (κ1) is 24.8. The zero-order valence-corrected chi connectivity index (χ0v) is 18.9. The van der Waals surface area contributed by atoms with Crippen molar-refractivity contribution in [3.8, 4) is 5.75 Å². The lowest BCUT2D eigenvalue weighted by Crippen LogP contribution is -2.32. The molecule has 180 valence electrons. The van der Waals surface area contributed by atoms with Crippen molar-refractivity contribution in [2.45, 2.75) is 51.7 Å². The molecule has 2 aromatic rings. The molecule has 0 unspecified atom stereocenters. The smallest absolute Gasteiger partial charge is 0.273 e. The first-order chi connectivity index (χ1) is 16.0. The Morgan fingerprint density at radius 3 is 2.76 bits per heavy atom. The standard InChI is InChI=1S/C23H32FN5O4/c1-2-25-14-21(31)16-7-9-18(10-8-16)29-20(15-33-19-6-3-5-17(24)13-19)22(27-28-29)23(32)26-11-4-12-30/h3,5-6,13,16,18,25,30H,2,4,7-12,14-15H2,1H3,(H,26,32). The fourth-order valence-corrected chi connectivity index (χ4v) is 4.03. The van der Waals surface area contributed by atoms with Crippen LogP contribution in [0.25, 0.3) is 0 Å². The van der Waals surface area contributed by atoms with Crippen LogP contribution in [0.4, 0.5) is 4.39 Å². The Morgan fingerprint density at radius 2 is 2.06 bits per heavy atom. The van der Waals surface area contributed by atoms with E-state index in [1.54, 1.807) is 16.8 Å². The number of carbonyl (C=O) groups excluding carboxylic acids is 2. The monoisotopic (exact) mass is 461 g/mol. The maximum Gasteiger partial charge on any atom is 0.273 e. The Morgan fingerprint density at radius 1 is 1.27 bits per heavy atom. The number of nitrogens with one attached hydrogen (secondary N) is 2. The molecule has 1 aliphatic rings. The molecule has 1 aromatic heterocycles. The Labute approximate surface area is 192 Å². The van der Waals surface area contributed by atoms with Gasteiger partial charge in [-0.1, -0.05) is 18.2 Å². The molecule has 1 fully saturated rings. The average Bonchev–Trinajstić information content (AvgIpc) is 3.25. The van der Waals surface area contributed by atoms with Crippen LogP contribution in [0.1, 0.15) is 61.3 Å². The molecule has 3 N–H and O–H groups in total. The number of nitrogens with zero attached hydrogens (tertiary/aromatic N) is 3. The van der Waals surface area contributed by atoms with Gasteiger partial charge in [-0.25, -0.2) is 9.07 Å². The van der Waals surface area contributed by atoms with Crippen LogP contribution in [0.5, 0.6) is 5.75 Å². The number of aliphatic hydroxyl groups excluding tert-OH is 1. The molecule has 0 saturated heterocycles. The third-order valence-corrected chi connectivity index (χ3v) is 5.85. The molecule has 1 amide bonds. The lowest BCUT2D eigenvalue weighted by atomic mass is 9.83. The van der Waals surface area contributed by atoms with Crippen molar-refractivity contribution >= 4 is 11.7 Å². The number of carbonyl (C=O) groups is 2. The largest absolute Gasteiger partial charge is 0.487 e. The van der Waals surface area contributed by atoms with Gasteiger partial charge in [-0.15, -0.1) is 5.10 Å². The summed E-state index contributed by atoms with van der Waals surface area (Å²) < 4.78 is 21.0. The predicted molar refractivity (Wildman–Crippen MR) is 119 cm³/mol. The summed E-state index contributed by atoms with van der Waals surface area (Å²) in [7, 11) is 0. The van der Waals surface area contributed by atoms with Crippen LogP contribution < -0.4 is 15.4 Å². The average molecular weight is 462 g/mol. The molecule has 1 heterocycles. The molecule has 0 bridgehead atoms. The third-order valence-electron chi connectivity index (χ3n) is 5.85.